The molecule has 1 fully saturated rings. The Bertz CT molecular complexity index is 1230. The van der Waals surface area contributed by atoms with E-state index in [0.29, 0.717) is 0 Å². The summed E-state index contributed by atoms with van der Waals surface area (Å²) in [5.41, 5.74) is 18.6. The van der Waals surface area contributed by atoms with Gasteiger partial charge in [0, 0.05) is 11.3 Å². The standard InChI is InChI=1S/C32H33N/c1-22-8-12-27(13-9-22)31-29(20-21-30(33)32(31)28-14-10-23(2)11-15-28)26-18-16-25(17-19-26)24-6-4-3-5-7-24/h8-21,24H,3-7,33H2,1-2H3. The Kier molecular flexibility index (Phi) is 6.05. The summed E-state index contributed by atoms with van der Waals surface area (Å²) in [6, 6.07) is 31.1. The average Bonchev–Trinajstić information content (AvgIpc) is 2.86. The van der Waals surface area contributed by atoms with Gasteiger partial charge in [-0.25, -0.2) is 0 Å². The maximum absolute atomic E-state index is 6.63. The average molecular weight is 432 g/mol. The lowest BCUT2D eigenvalue weighted by atomic mass is 9.82. The van der Waals surface area contributed by atoms with E-state index in [1.165, 1.54) is 71.0 Å². The summed E-state index contributed by atoms with van der Waals surface area (Å²) >= 11 is 0. The SMILES string of the molecule is Cc1ccc(-c2c(N)ccc(-c3ccc(C4CCCCC4)cc3)c2-c2ccc(C)cc2)cc1. The third-order valence-electron chi connectivity index (χ3n) is 7.22. The van der Waals surface area contributed by atoms with E-state index in [1.54, 1.807) is 0 Å². The summed E-state index contributed by atoms with van der Waals surface area (Å²) < 4.78 is 0. The molecule has 2 N–H and O–H groups in total. The molecule has 5 rings (SSSR count). The number of nitrogens with two attached hydrogens (primary N) is 1. The smallest absolute Gasteiger partial charge is 0.0400 e. The molecular formula is C32H33N. The van der Waals surface area contributed by atoms with Gasteiger partial charge in [0.2, 0.25) is 0 Å². The van der Waals surface area contributed by atoms with Crippen molar-refractivity contribution in [2.45, 2.75) is 51.9 Å². The van der Waals surface area contributed by atoms with E-state index >= 15 is 0 Å². The van der Waals surface area contributed by atoms with Crippen LogP contribution in [0.4, 0.5) is 5.69 Å². The largest absolute Gasteiger partial charge is 0.398 e. The number of benzene rings is 4. The quantitative estimate of drug-likeness (QED) is 0.321. The lowest BCUT2D eigenvalue weighted by Crippen LogP contribution is -2.04. The molecule has 0 aromatic heterocycles. The Labute approximate surface area is 198 Å². The van der Waals surface area contributed by atoms with Crippen molar-refractivity contribution < 1.29 is 0 Å². The topological polar surface area (TPSA) is 26.0 Å². The van der Waals surface area contributed by atoms with Crippen molar-refractivity contribution in [1.82, 2.24) is 0 Å². The zero-order valence-electron chi connectivity index (χ0n) is 19.8. The molecule has 0 amide bonds. The fraction of sp³-hybridized carbons (Fsp3) is 0.250. The van der Waals surface area contributed by atoms with Gasteiger partial charge in [0.25, 0.3) is 0 Å². The first-order chi connectivity index (χ1) is 16.1. The molecule has 33 heavy (non-hydrogen) atoms. The minimum Gasteiger partial charge on any atom is -0.398 e. The fourth-order valence-electron chi connectivity index (χ4n) is 5.28. The highest BCUT2D eigenvalue weighted by Crippen LogP contribution is 2.44. The highest BCUT2D eigenvalue weighted by atomic mass is 14.6. The zero-order chi connectivity index (χ0) is 22.8. The van der Waals surface area contributed by atoms with E-state index < -0.39 is 0 Å². The molecule has 0 bridgehead atoms. The highest BCUT2D eigenvalue weighted by molar-refractivity contribution is 5.99. The molecule has 1 aliphatic carbocycles. The summed E-state index contributed by atoms with van der Waals surface area (Å²) in [4.78, 5) is 0. The summed E-state index contributed by atoms with van der Waals surface area (Å²) in [5, 5.41) is 0. The molecule has 1 nitrogen and oxygen atoms in total. The molecule has 1 heteroatoms. The van der Waals surface area contributed by atoms with Gasteiger partial charge in [0.1, 0.15) is 0 Å². The number of anilines is 1. The van der Waals surface area contributed by atoms with Gasteiger partial charge in [-0.05, 0) is 72.1 Å². The van der Waals surface area contributed by atoms with Crippen LogP contribution >= 0.6 is 0 Å². The molecular weight excluding hydrogens is 398 g/mol. The van der Waals surface area contributed by atoms with Crippen molar-refractivity contribution in [3.8, 4) is 33.4 Å². The van der Waals surface area contributed by atoms with Crippen LogP contribution in [-0.4, -0.2) is 0 Å². The van der Waals surface area contributed by atoms with Gasteiger partial charge in [-0.1, -0.05) is 109 Å². The maximum Gasteiger partial charge on any atom is 0.0400 e. The number of rotatable bonds is 4. The predicted octanol–water partition coefficient (Wildman–Crippen LogP) is 8.93. The third kappa shape index (κ3) is 4.46. The number of hydrogen-bond donors (Lipinski definition) is 1. The van der Waals surface area contributed by atoms with Crippen LogP contribution in [0.1, 0.15) is 54.7 Å². The first-order valence-corrected chi connectivity index (χ1v) is 12.3. The van der Waals surface area contributed by atoms with E-state index in [0.717, 1.165) is 22.7 Å². The summed E-state index contributed by atoms with van der Waals surface area (Å²) in [6.45, 7) is 4.26. The Morgan fingerprint density at radius 2 is 1.06 bits per heavy atom. The van der Waals surface area contributed by atoms with Crippen LogP contribution in [0.15, 0.2) is 84.9 Å². The van der Waals surface area contributed by atoms with Gasteiger partial charge in [0.05, 0.1) is 0 Å². The van der Waals surface area contributed by atoms with Crippen LogP contribution in [-0.2, 0) is 0 Å². The molecule has 4 aromatic rings. The predicted molar refractivity (Wildman–Crippen MR) is 142 cm³/mol. The van der Waals surface area contributed by atoms with Crippen molar-refractivity contribution in [1.29, 1.82) is 0 Å². The second kappa shape index (κ2) is 9.27. The van der Waals surface area contributed by atoms with Crippen molar-refractivity contribution in [3.05, 3.63) is 102 Å². The second-order valence-electron chi connectivity index (χ2n) is 9.64. The lowest BCUT2D eigenvalue weighted by molar-refractivity contribution is 0.443. The molecule has 0 radical (unpaired) electrons. The minimum atomic E-state index is 0.721. The van der Waals surface area contributed by atoms with Crippen molar-refractivity contribution >= 4 is 5.69 Å². The maximum atomic E-state index is 6.63. The van der Waals surface area contributed by atoms with Gasteiger partial charge in [-0.15, -0.1) is 0 Å². The lowest BCUT2D eigenvalue weighted by Gasteiger charge is -2.23. The molecule has 0 atom stereocenters. The van der Waals surface area contributed by atoms with Gasteiger partial charge in [0.15, 0.2) is 0 Å². The molecule has 0 unspecified atom stereocenters. The summed E-state index contributed by atoms with van der Waals surface area (Å²) in [5.74, 6) is 0.721. The van der Waals surface area contributed by atoms with Crippen molar-refractivity contribution in [2.75, 3.05) is 5.73 Å². The van der Waals surface area contributed by atoms with Crippen LogP contribution in [0, 0.1) is 13.8 Å². The third-order valence-corrected chi connectivity index (χ3v) is 7.22. The minimum absolute atomic E-state index is 0.721. The van der Waals surface area contributed by atoms with Crippen LogP contribution in [0.5, 0.6) is 0 Å². The summed E-state index contributed by atoms with van der Waals surface area (Å²) in [7, 11) is 0. The first kappa shape index (κ1) is 21.5. The van der Waals surface area contributed by atoms with Crippen LogP contribution < -0.4 is 5.73 Å². The molecule has 0 heterocycles. The number of aryl methyl sites for hydroxylation is 2. The molecule has 1 saturated carbocycles. The Hall–Kier alpha value is -3.32. The molecule has 4 aromatic carbocycles. The van der Waals surface area contributed by atoms with Crippen LogP contribution in [0.2, 0.25) is 0 Å². The van der Waals surface area contributed by atoms with Gasteiger partial charge >= 0.3 is 0 Å². The summed E-state index contributed by atoms with van der Waals surface area (Å²) in [6.07, 6.45) is 6.77. The molecule has 166 valence electrons. The van der Waals surface area contributed by atoms with E-state index in [9.17, 15) is 0 Å². The molecule has 0 spiro atoms. The fourth-order valence-corrected chi connectivity index (χ4v) is 5.28. The highest BCUT2D eigenvalue weighted by Gasteiger charge is 2.19. The van der Waals surface area contributed by atoms with Gasteiger partial charge in [-0.2, -0.15) is 0 Å². The van der Waals surface area contributed by atoms with Crippen molar-refractivity contribution in [2.24, 2.45) is 0 Å². The van der Waals surface area contributed by atoms with Crippen molar-refractivity contribution in [3.63, 3.8) is 0 Å². The van der Waals surface area contributed by atoms with E-state index in [4.69, 9.17) is 5.73 Å². The molecule has 1 aliphatic rings. The normalized spacial score (nSPS) is 14.4. The van der Waals surface area contributed by atoms with E-state index in [1.807, 2.05) is 0 Å². The van der Waals surface area contributed by atoms with E-state index in [-0.39, 0.29) is 0 Å². The van der Waals surface area contributed by atoms with Gasteiger partial charge < -0.3 is 5.73 Å². The van der Waals surface area contributed by atoms with Crippen LogP contribution in [0.3, 0.4) is 0 Å². The van der Waals surface area contributed by atoms with E-state index in [2.05, 4.69) is 98.8 Å². The number of nitrogen functional groups attached to an aromatic ring is 1. The molecule has 0 saturated heterocycles. The second-order valence-corrected chi connectivity index (χ2v) is 9.64. The van der Waals surface area contributed by atoms with Gasteiger partial charge in [-0.3, -0.25) is 0 Å². The monoisotopic (exact) mass is 431 g/mol. The Morgan fingerprint density at radius 1 is 0.545 bits per heavy atom. The van der Waals surface area contributed by atoms with Crippen LogP contribution in [0.25, 0.3) is 33.4 Å². The number of hydrogen-bond acceptors (Lipinski definition) is 1. The Morgan fingerprint density at radius 3 is 1.64 bits per heavy atom. The zero-order valence-corrected chi connectivity index (χ0v) is 19.8. The molecule has 0 aliphatic heterocycles. The Balaban J connectivity index is 1.66. The first-order valence-electron chi connectivity index (χ1n) is 12.3.